The minimum Gasteiger partial charge on any atom is -0.354 e. The summed E-state index contributed by atoms with van der Waals surface area (Å²) in [6.07, 6.45) is 0. The van der Waals surface area contributed by atoms with Gasteiger partial charge in [-0.05, 0) is 17.7 Å². The number of carbonyl (C=O) groups is 1. The Morgan fingerprint density at radius 3 is 2.54 bits per heavy atom. The number of carbonyl (C=O) groups excluding carboxylic acids is 1. The van der Waals surface area contributed by atoms with Crippen molar-refractivity contribution in [3.63, 3.8) is 0 Å². The summed E-state index contributed by atoms with van der Waals surface area (Å²) < 4.78 is 1.62. The summed E-state index contributed by atoms with van der Waals surface area (Å²) in [5.74, 6) is -0.480. The Morgan fingerprint density at radius 2 is 1.81 bits per heavy atom. The van der Waals surface area contributed by atoms with Crippen molar-refractivity contribution in [2.24, 2.45) is 11.7 Å². The number of nitrogens with one attached hydrogen (secondary N) is 2. The molecule has 7 heteroatoms. The van der Waals surface area contributed by atoms with Crippen LogP contribution in [0.15, 0.2) is 59.4 Å². The molecule has 138 valence electrons. The van der Waals surface area contributed by atoms with Gasteiger partial charge >= 0.3 is 5.69 Å². The molecule has 0 aliphatic heterocycles. The molecule has 0 saturated heterocycles. The average molecular weight is 375 g/mol. The Morgan fingerprint density at radius 1 is 1.15 bits per heavy atom. The molecule has 0 aliphatic rings. The molecule has 3 rings (SSSR count). The third kappa shape index (κ3) is 4.15. The highest BCUT2D eigenvalue weighted by molar-refractivity contribution is 5.85. The molecule has 2 aromatic carbocycles. The number of hydrogen-bond acceptors (Lipinski definition) is 3. The topological polar surface area (TPSA) is 92.9 Å². The molecule has 2 unspecified atom stereocenters. The third-order valence-corrected chi connectivity index (χ3v) is 4.45. The van der Waals surface area contributed by atoms with Gasteiger partial charge in [-0.15, -0.1) is 12.4 Å². The molecule has 6 nitrogen and oxygen atoms in total. The van der Waals surface area contributed by atoms with Crippen LogP contribution >= 0.6 is 12.4 Å². The van der Waals surface area contributed by atoms with Gasteiger partial charge in [0.2, 0.25) is 5.91 Å². The van der Waals surface area contributed by atoms with E-state index in [4.69, 9.17) is 5.73 Å². The number of nitrogens with two attached hydrogens (primary N) is 1. The second-order valence-electron chi connectivity index (χ2n) is 6.12. The van der Waals surface area contributed by atoms with E-state index in [1.54, 1.807) is 4.57 Å². The number of H-pyrrole nitrogens is 1. The van der Waals surface area contributed by atoms with E-state index in [1.165, 1.54) is 0 Å². The largest absolute Gasteiger partial charge is 0.354 e. The van der Waals surface area contributed by atoms with E-state index in [1.807, 2.05) is 61.5 Å². The molecule has 2 atom stereocenters. The monoisotopic (exact) mass is 374 g/mol. The van der Waals surface area contributed by atoms with Crippen molar-refractivity contribution < 1.29 is 4.79 Å². The van der Waals surface area contributed by atoms with Crippen molar-refractivity contribution in [1.29, 1.82) is 0 Å². The lowest BCUT2D eigenvalue weighted by molar-refractivity contribution is -0.125. The SMILES string of the molecule is CC(C(=O)NCCn1c(=O)[nH]c2ccccc21)C(N)c1ccccc1.Cl. The minimum absolute atomic E-state index is 0. The van der Waals surface area contributed by atoms with Crippen molar-refractivity contribution in [2.75, 3.05) is 6.54 Å². The highest BCUT2D eigenvalue weighted by Gasteiger charge is 2.21. The van der Waals surface area contributed by atoms with Gasteiger partial charge in [0.15, 0.2) is 0 Å². The summed E-state index contributed by atoms with van der Waals surface area (Å²) in [5, 5.41) is 2.87. The lowest BCUT2D eigenvalue weighted by atomic mass is 9.95. The summed E-state index contributed by atoms with van der Waals surface area (Å²) in [6, 6.07) is 16.7. The number of imidazole rings is 1. The van der Waals surface area contributed by atoms with E-state index in [-0.39, 0.29) is 36.0 Å². The van der Waals surface area contributed by atoms with Gasteiger partial charge in [0.05, 0.1) is 17.0 Å². The first kappa shape index (κ1) is 19.8. The Kier molecular flexibility index (Phi) is 6.60. The van der Waals surface area contributed by atoms with Gasteiger partial charge in [0.1, 0.15) is 0 Å². The van der Waals surface area contributed by atoms with Crippen LogP contribution in [0, 0.1) is 5.92 Å². The number of aromatic amines is 1. The Bertz CT molecular complexity index is 920. The molecule has 0 saturated carbocycles. The molecule has 1 aromatic heterocycles. The van der Waals surface area contributed by atoms with E-state index in [2.05, 4.69) is 10.3 Å². The predicted octanol–water partition coefficient (Wildman–Crippen LogP) is 2.20. The first-order chi connectivity index (χ1) is 12.1. The maximum absolute atomic E-state index is 12.3. The number of halogens is 1. The fraction of sp³-hybridized carbons (Fsp3) is 0.263. The Hall–Kier alpha value is -2.57. The van der Waals surface area contributed by atoms with Gasteiger partial charge < -0.3 is 16.0 Å². The van der Waals surface area contributed by atoms with Gasteiger partial charge in [0.25, 0.3) is 0 Å². The third-order valence-electron chi connectivity index (χ3n) is 4.45. The van der Waals surface area contributed by atoms with Crippen molar-refractivity contribution in [2.45, 2.75) is 19.5 Å². The van der Waals surface area contributed by atoms with Crippen LogP contribution in [0.3, 0.4) is 0 Å². The number of nitrogens with zero attached hydrogens (tertiary/aromatic N) is 1. The predicted molar refractivity (Wildman–Crippen MR) is 105 cm³/mol. The first-order valence-corrected chi connectivity index (χ1v) is 8.33. The van der Waals surface area contributed by atoms with E-state index in [0.717, 1.165) is 16.6 Å². The maximum atomic E-state index is 12.3. The van der Waals surface area contributed by atoms with Crippen LogP contribution in [0.5, 0.6) is 0 Å². The second kappa shape index (κ2) is 8.69. The summed E-state index contributed by atoms with van der Waals surface area (Å²) in [4.78, 5) is 27.2. The quantitative estimate of drug-likeness (QED) is 0.617. The lowest BCUT2D eigenvalue weighted by Crippen LogP contribution is -2.37. The van der Waals surface area contributed by atoms with E-state index < -0.39 is 0 Å². The van der Waals surface area contributed by atoms with Gasteiger partial charge in [-0.25, -0.2) is 4.79 Å². The van der Waals surface area contributed by atoms with Crippen LogP contribution in [-0.2, 0) is 11.3 Å². The smallest absolute Gasteiger partial charge is 0.326 e. The summed E-state index contributed by atoms with van der Waals surface area (Å²) in [5.41, 5.74) is 8.56. The molecular formula is C19H23ClN4O2. The van der Waals surface area contributed by atoms with Crippen LogP contribution in [0.4, 0.5) is 0 Å². The maximum Gasteiger partial charge on any atom is 0.326 e. The van der Waals surface area contributed by atoms with Crippen molar-refractivity contribution in [3.05, 3.63) is 70.6 Å². The molecule has 0 bridgehead atoms. The van der Waals surface area contributed by atoms with Crippen molar-refractivity contribution in [3.8, 4) is 0 Å². The first-order valence-electron chi connectivity index (χ1n) is 8.33. The van der Waals surface area contributed by atoms with E-state index >= 15 is 0 Å². The zero-order chi connectivity index (χ0) is 17.8. The van der Waals surface area contributed by atoms with Gasteiger partial charge in [-0.1, -0.05) is 49.4 Å². The van der Waals surface area contributed by atoms with E-state index in [9.17, 15) is 9.59 Å². The highest BCUT2D eigenvalue weighted by atomic mass is 35.5. The van der Waals surface area contributed by atoms with Crippen LogP contribution in [0.25, 0.3) is 11.0 Å². The summed E-state index contributed by atoms with van der Waals surface area (Å²) >= 11 is 0. The molecule has 26 heavy (non-hydrogen) atoms. The fourth-order valence-corrected chi connectivity index (χ4v) is 2.91. The van der Waals surface area contributed by atoms with Crippen LogP contribution in [0.2, 0.25) is 0 Å². The highest BCUT2D eigenvalue weighted by Crippen LogP contribution is 2.18. The normalized spacial score (nSPS) is 13.0. The number of aromatic nitrogens is 2. The molecule has 1 amide bonds. The molecule has 0 aliphatic carbocycles. The number of fused-ring (bicyclic) bond motifs is 1. The molecule has 0 fully saturated rings. The average Bonchev–Trinajstić information content (AvgIpc) is 2.96. The standard InChI is InChI=1S/C19H22N4O2.ClH/c1-13(17(20)14-7-3-2-4-8-14)18(24)21-11-12-23-16-10-6-5-9-15(16)22-19(23)25;/h2-10,13,17H,11-12,20H2,1H3,(H,21,24)(H,22,25);1H. The number of amides is 1. The minimum atomic E-state index is -0.364. The Labute approximate surface area is 157 Å². The molecule has 3 aromatic rings. The van der Waals surface area contributed by atoms with Gasteiger partial charge in [-0.2, -0.15) is 0 Å². The molecular weight excluding hydrogens is 352 g/mol. The van der Waals surface area contributed by atoms with Crippen molar-refractivity contribution >= 4 is 29.3 Å². The van der Waals surface area contributed by atoms with Crippen LogP contribution < -0.4 is 16.7 Å². The molecule has 0 spiro atoms. The molecule has 1 heterocycles. The molecule has 0 radical (unpaired) electrons. The Balaban J connectivity index is 0.00000243. The molecule has 4 N–H and O–H groups in total. The van der Waals surface area contributed by atoms with Gasteiger partial charge in [0, 0.05) is 19.1 Å². The summed E-state index contributed by atoms with van der Waals surface area (Å²) in [7, 11) is 0. The number of rotatable bonds is 6. The zero-order valence-electron chi connectivity index (χ0n) is 14.5. The number of benzene rings is 2. The van der Waals surface area contributed by atoms with Gasteiger partial charge in [-0.3, -0.25) is 9.36 Å². The lowest BCUT2D eigenvalue weighted by Gasteiger charge is -2.19. The van der Waals surface area contributed by atoms with Crippen molar-refractivity contribution in [1.82, 2.24) is 14.9 Å². The van der Waals surface area contributed by atoms with Crippen LogP contribution in [0.1, 0.15) is 18.5 Å². The second-order valence-corrected chi connectivity index (χ2v) is 6.12. The fourth-order valence-electron chi connectivity index (χ4n) is 2.91. The van der Waals surface area contributed by atoms with E-state index in [0.29, 0.717) is 13.1 Å². The zero-order valence-corrected chi connectivity index (χ0v) is 15.3. The number of para-hydroxylation sites is 2. The summed E-state index contributed by atoms with van der Waals surface area (Å²) in [6.45, 7) is 2.58. The van der Waals surface area contributed by atoms with Crippen LogP contribution in [-0.4, -0.2) is 22.0 Å². The number of hydrogen-bond donors (Lipinski definition) is 3.